The molecule has 0 aromatic rings. The summed E-state index contributed by atoms with van der Waals surface area (Å²) in [5.41, 5.74) is -0.442. The number of amides is 1. The fourth-order valence-electron chi connectivity index (χ4n) is 1.29. The Morgan fingerprint density at radius 3 is 2.47 bits per heavy atom. The van der Waals surface area contributed by atoms with Gasteiger partial charge in [-0.15, -0.1) is 5.57 Å². The summed E-state index contributed by atoms with van der Waals surface area (Å²) in [6, 6.07) is 0. The van der Waals surface area contributed by atoms with Crippen molar-refractivity contribution in [2.24, 2.45) is 0 Å². The van der Waals surface area contributed by atoms with E-state index in [1.165, 1.54) is 4.90 Å². The maximum absolute atomic E-state index is 11.7. The second kappa shape index (κ2) is 6.20. The molecule has 0 saturated heterocycles. The summed E-state index contributed by atoms with van der Waals surface area (Å²) < 4.78 is 5.16. The van der Waals surface area contributed by atoms with E-state index in [1.807, 2.05) is 0 Å². The van der Waals surface area contributed by atoms with Gasteiger partial charge < -0.3 is 19.5 Å². The Bertz CT molecular complexity index is 333. The number of aliphatic carboxylic acids is 1. The zero-order chi connectivity index (χ0) is 12.3. The topological polar surface area (TPSA) is 66.8 Å². The van der Waals surface area contributed by atoms with E-state index < -0.39 is 17.7 Å². The number of hydrogen-bond donors (Lipinski definition) is 1. The summed E-state index contributed by atoms with van der Waals surface area (Å²) in [5, 5.41) is 8.79. The predicted molar refractivity (Wildman–Crippen MR) is 56.8 cm³/mol. The Morgan fingerprint density at radius 1 is 1.41 bits per heavy atom. The second-order valence-corrected chi connectivity index (χ2v) is 4.61. The average Bonchev–Trinajstić information content (AvgIpc) is 2.15. The smallest absolute Gasteiger partial charge is 0.410 e. The molecule has 5 nitrogen and oxygen atoms in total. The first-order chi connectivity index (χ1) is 7.29. The van der Waals surface area contributed by atoms with Crippen molar-refractivity contribution >= 4 is 12.1 Å². The molecule has 6 heteroatoms. The van der Waals surface area contributed by atoms with Crippen molar-refractivity contribution in [1.82, 2.24) is 4.90 Å². The predicted octanol–water partition coefficient (Wildman–Crippen LogP) is 1.44. The van der Waals surface area contributed by atoms with Crippen molar-refractivity contribution in [3.8, 4) is 0 Å². The van der Waals surface area contributed by atoms with E-state index in [4.69, 9.17) is 9.84 Å². The van der Waals surface area contributed by atoms with Crippen LogP contribution in [-0.2, 0) is 30.6 Å². The fourth-order valence-corrected chi connectivity index (χ4v) is 1.29. The molecule has 1 amide bonds. The zero-order valence-corrected chi connectivity index (χ0v) is 13.1. The van der Waals surface area contributed by atoms with E-state index in [9.17, 15) is 9.59 Å². The van der Waals surface area contributed by atoms with Crippen LogP contribution < -0.4 is 0 Å². The van der Waals surface area contributed by atoms with E-state index in [-0.39, 0.29) is 33.2 Å². The summed E-state index contributed by atoms with van der Waals surface area (Å²) >= 11 is 0. The Balaban J connectivity index is 0.00000256. The summed E-state index contributed by atoms with van der Waals surface area (Å²) in [6.45, 7) is 5.83. The minimum absolute atomic E-state index is 0. The molecule has 0 saturated carbocycles. The van der Waals surface area contributed by atoms with Crippen LogP contribution in [0.5, 0.6) is 0 Å². The average molecular weight is 410 g/mol. The Labute approximate surface area is 115 Å². The van der Waals surface area contributed by atoms with Crippen LogP contribution in [0.15, 0.2) is 5.57 Å². The van der Waals surface area contributed by atoms with Crippen LogP contribution in [0.3, 0.4) is 0 Å². The minimum atomic E-state index is -1.03. The molecule has 1 aliphatic rings. The SMILES string of the molecule is CC(C)(C)OC(=O)N1CC[C-]=C(C(=O)O)C1.[W]. The molecule has 0 fully saturated rings. The number of rotatable bonds is 1. The number of carboxylic acid groups (broad SMARTS) is 1. The van der Waals surface area contributed by atoms with Crippen molar-refractivity contribution in [3.63, 3.8) is 0 Å². The van der Waals surface area contributed by atoms with Gasteiger partial charge in [0.25, 0.3) is 0 Å². The molecule has 0 spiro atoms. The number of ether oxygens (including phenoxy) is 1. The van der Waals surface area contributed by atoms with E-state index in [0.29, 0.717) is 13.0 Å². The minimum Gasteiger partial charge on any atom is -0.562 e. The first-order valence-electron chi connectivity index (χ1n) is 5.10. The van der Waals surface area contributed by atoms with Gasteiger partial charge in [0.2, 0.25) is 0 Å². The van der Waals surface area contributed by atoms with Crippen molar-refractivity contribution in [2.45, 2.75) is 32.8 Å². The Hall–Kier alpha value is -0.832. The van der Waals surface area contributed by atoms with Gasteiger partial charge in [-0.2, -0.15) is 0 Å². The number of hydrogen-bond acceptors (Lipinski definition) is 3. The van der Waals surface area contributed by atoms with Gasteiger partial charge in [-0.3, -0.25) is 6.08 Å². The van der Waals surface area contributed by atoms with Crippen LogP contribution >= 0.6 is 0 Å². The van der Waals surface area contributed by atoms with Crippen LogP contribution in [0.4, 0.5) is 4.79 Å². The number of carboxylic acids is 1. The first kappa shape index (κ1) is 16.2. The molecule has 0 bridgehead atoms. The molecule has 0 aliphatic carbocycles. The van der Waals surface area contributed by atoms with Crippen molar-refractivity contribution in [2.75, 3.05) is 13.1 Å². The molecule has 0 aromatic heterocycles. The van der Waals surface area contributed by atoms with Crippen molar-refractivity contribution in [1.29, 1.82) is 0 Å². The van der Waals surface area contributed by atoms with Gasteiger partial charge in [-0.25, -0.2) is 4.79 Å². The van der Waals surface area contributed by atoms with Crippen molar-refractivity contribution < 1.29 is 40.5 Å². The molecule has 1 rings (SSSR count). The van der Waals surface area contributed by atoms with Gasteiger partial charge in [0.15, 0.2) is 5.97 Å². The molecular formula is C11H16NO4W-. The molecule has 0 atom stereocenters. The van der Waals surface area contributed by atoms with Gasteiger partial charge in [0.05, 0.1) is 0 Å². The second-order valence-electron chi connectivity index (χ2n) is 4.61. The molecule has 0 aromatic carbocycles. The van der Waals surface area contributed by atoms with E-state index >= 15 is 0 Å². The van der Waals surface area contributed by atoms with Gasteiger partial charge in [0.1, 0.15) is 5.60 Å². The van der Waals surface area contributed by atoms with Crippen LogP contribution in [0, 0.1) is 6.08 Å². The van der Waals surface area contributed by atoms with Gasteiger partial charge in [-0.05, 0) is 20.8 Å². The van der Waals surface area contributed by atoms with Crippen LogP contribution in [0.2, 0.25) is 0 Å². The molecule has 1 aliphatic heterocycles. The van der Waals surface area contributed by atoms with E-state index in [1.54, 1.807) is 20.8 Å². The number of carbonyl (C=O) groups excluding carboxylic acids is 1. The Morgan fingerprint density at radius 2 is 2.00 bits per heavy atom. The van der Waals surface area contributed by atoms with Gasteiger partial charge in [0, 0.05) is 34.2 Å². The zero-order valence-electron chi connectivity index (χ0n) is 10.1. The fraction of sp³-hybridized carbons (Fsp3) is 0.636. The third-order valence-electron chi connectivity index (χ3n) is 1.98. The molecule has 17 heavy (non-hydrogen) atoms. The summed E-state index contributed by atoms with van der Waals surface area (Å²) in [7, 11) is 0. The van der Waals surface area contributed by atoms with Gasteiger partial charge >= 0.3 is 6.09 Å². The first-order valence-corrected chi connectivity index (χ1v) is 5.10. The molecule has 1 heterocycles. The quantitative estimate of drug-likeness (QED) is 0.665. The molecule has 0 unspecified atom stereocenters. The summed E-state index contributed by atoms with van der Waals surface area (Å²) in [5.74, 6) is -1.03. The third kappa shape index (κ3) is 5.35. The molecule has 0 radical (unpaired) electrons. The third-order valence-corrected chi connectivity index (χ3v) is 1.98. The maximum atomic E-state index is 11.7. The van der Waals surface area contributed by atoms with Crippen LogP contribution in [-0.4, -0.2) is 40.8 Å². The van der Waals surface area contributed by atoms with E-state index in [0.717, 1.165) is 0 Å². The molecule has 1 N–H and O–H groups in total. The van der Waals surface area contributed by atoms with Crippen LogP contribution in [0.25, 0.3) is 0 Å². The maximum Gasteiger partial charge on any atom is 0.410 e. The molecular weight excluding hydrogens is 394 g/mol. The van der Waals surface area contributed by atoms with Crippen molar-refractivity contribution in [3.05, 3.63) is 11.6 Å². The van der Waals surface area contributed by atoms with Crippen LogP contribution in [0.1, 0.15) is 27.2 Å². The van der Waals surface area contributed by atoms with Gasteiger partial charge in [-0.1, -0.05) is 6.42 Å². The summed E-state index contributed by atoms with van der Waals surface area (Å²) in [6.07, 6.45) is 2.69. The monoisotopic (exact) mass is 410 g/mol. The number of nitrogens with zero attached hydrogens (tertiary/aromatic N) is 1. The Kier molecular flexibility index (Phi) is 5.89. The largest absolute Gasteiger partial charge is 0.562 e. The normalized spacial score (nSPS) is 15.7. The molecule has 96 valence electrons. The standard InChI is InChI=1S/C11H16NO4.W/c1-11(2,3)16-10(15)12-6-4-5-8(7-12)9(13)14;/h4,6-7H2,1-3H3,(H,13,14);/q-1;. The summed E-state index contributed by atoms with van der Waals surface area (Å²) in [4.78, 5) is 23.8. The number of carbonyl (C=O) groups is 2. The van der Waals surface area contributed by atoms with E-state index in [2.05, 4.69) is 6.08 Å².